The third-order valence-corrected chi connectivity index (χ3v) is 4.75. The first-order valence-electron chi connectivity index (χ1n) is 7.68. The number of carbonyl (C=O) groups excluding carboxylic acids is 1. The van der Waals surface area contributed by atoms with Crippen LogP contribution in [0.1, 0.15) is 56.6 Å². The Morgan fingerprint density at radius 2 is 1.79 bits per heavy atom. The van der Waals surface area contributed by atoms with Crippen molar-refractivity contribution in [3.8, 4) is 0 Å². The standard InChI is InChI=1S/C17H23NO/c19-17-15(11-13-7-3-1-4-8-13)12-16(18-17)14-9-5-2-6-10-14/h2,5-6,9-10,13,15-16H,1,3-4,7-8,11-12H2,(H,18,19)/t15-,16-/m0/s1. The van der Waals surface area contributed by atoms with Gasteiger partial charge in [-0.15, -0.1) is 0 Å². The predicted molar refractivity (Wildman–Crippen MR) is 76.6 cm³/mol. The van der Waals surface area contributed by atoms with Gasteiger partial charge in [-0.3, -0.25) is 4.79 Å². The van der Waals surface area contributed by atoms with Gasteiger partial charge >= 0.3 is 0 Å². The highest BCUT2D eigenvalue weighted by Gasteiger charge is 2.34. The van der Waals surface area contributed by atoms with Gasteiger partial charge in [0.15, 0.2) is 0 Å². The largest absolute Gasteiger partial charge is 0.349 e. The molecule has 19 heavy (non-hydrogen) atoms. The molecule has 3 rings (SSSR count). The molecule has 1 heterocycles. The van der Waals surface area contributed by atoms with Gasteiger partial charge in [-0.1, -0.05) is 62.4 Å². The van der Waals surface area contributed by atoms with E-state index in [1.807, 2.05) is 6.07 Å². The zero-order valence-electron chi connectivity index (χ0n) is 11.5. The Hall–Kier alpha value is -1.31. The summed E-state index contributed by atoms with van der Waals surface area (Å²) in [6.07, 6.45) is 8.87. The van der Waals surface area contributed by atoms with E-state index < -0.39 is 0 Å². The zero-order chi connectivity index (χ0) is 13.1. The summed E-state index contributed by atoms with van der Waals surface area (Å²) in [6.45, 7) is 0. The first-order valence-corrected chi connectivity index (χ1v) is 7.68. The van der Waals surface area contributed by atoms with Gasteiger partial charge in [-0.05, 0) is 24.3 Å². The van der Waals surface area contributed by atoms with E-state index in [0.717, 1.165) is 18.8 Å². The predicted octanol–water partition coefficient (Wildman–Crippen LogP) is 3.83. The highest BCUT2D eigenvalue weighted by Crippen LogP contribution is 2.36. The van der Waals surface area contributed by atoms with Crippen LogP contribution < -0.4 is 5.32 Å². The molecule has 102 valence electrons. The van der Waals surface area contributed by atoms with E-state index in [4.69, 9.17) is 0 Å². The van der Waals surface area contributed by atoms with Gasteiger partial charge in [0.05, 0.1) is 6.04 Å². The molecule has 1 saturated heterocycles. The minimum atomic E-state index is 0.238. The van der Waals surface area contributed by atoms with Crippen molar-refractivity contribution in [1.29, 1.82) is 0 Å². The van der Waals surface area contributed by atoms with E-state index in [2.05, 4.69) is 29.6 Å². The van der Waals surface area contributed by atoms with Crippen molar-refractivity contribution in [3.05, 3.63) is 35.9 Å². The summed E-state index contributed by atoms with van der Waals surface area (Å²) in [7, 11) is 0. The number of amides is 1. The van der Waals surface area contributed by atoms with Crippen molar-refractivity contribution in [2.24, 2.45) is 11.8 Å². The number of rotatable bonds is 3. The van der Waals surface area contributed by atoms with E-state index in [1.54, 1.807) is 0 Å². The molecule has 1 aromatic carbocycles. The average Bonchev–Trinajstić information content (AvgIpc) is 2.82. The van der Waals surface area contributed by atoms with Gasteiger partial charge in [-0.2, -0.15) is 0 Å². The van der Waals surface area contributed by atoms with Crippen LogP contribution in [0.4, 0.5) is 0 Å². The maximum atomic E-state index is 12.1. The summed E-state index contributed by atoms with van der Waals surface area (Å²) in [5, 5.41) is 3.17. The summed E-state index contributed by atoms with van der Waals surface area (Å²) in [6, 6.07) is 10.6. The number of hydrogen-bond acceptors (Lipinski definition) is 1. The fourth-order valence-electron chi connectivity index (χ4n) is 3.67. The SMILES string of the molecule is O=C1N[C@H](c2ccccc2)C[C@@H]1CC1CCCCC1. The van der Waals surface area contributed by atoms with Crippen molar-refractivity contribution in [2.45, 2.75) is 51.0 Å². The Bertz CT molecular complexity index is 422. The third kappa shape index (κ3) is 2.99. The van der Waals surface area contributed by atoms with Gasteiger partial charge in [0, 0.05) is 5.92 Å². The number of hydrogen-bond donors (Lipinski definition) is 1. The van der Waals surface area contributed by atoms with Crippen LogP contribution in [0.15, 0.2) is 30.3 Å². The summed E-state index contributed by atoms with van der Waals surface area (Å²) in [5.74, 6) is 1.31. The lowest BCUT2D eigenvalue weighted by molar-refractivity contribution is -0.123. The Kier molecular flexibility index (Phi) is 3.86. The second kappa shape index (κ2) is 5.77. The highest BCUT2D eigenvalue weighted by molar-refractivity contribution is 5.81. The molecule has 2 fully saturated rings. The lowest BCUT2D eigenvalue weighted by atomic mass is 9.81. The number of nitrogens with one attached hydrogen (secondary N) is 1. The van der Waals surface area contributed by atoms with Crippen LogP contribution in [-0.2, 0) is 4.79 Å². The summed E-state index contributed by atoms with van der Waals surface area (Å²) >= 11 is 0. The molecule has 1 aliphatic heterocycles. The van der Waals surface area contributed by atoms with Crippen molar-refractivity contribution in [3.63, 3.8) is 0 Å². The van der Waals surface area contributed by atoms with Crippen LogP contribution >= 0.6 is 0 Å². The van der Waals surface area contributed by atoms with E-state index in [1.165, 1.54) is 37.7 Å². The van der Waals surface area contributed by atoms with E-state index in [9.17, 15) is 4.79 Å². The molecular weight excluding hydrogens is 234 g/mol. The monoisotopic (exact) mass is 257 g/mol. The smallest absolute Gasteiger partial charge is 0.223 e. The van der Waals surface area contributed by atoms with Gasteiger partial charge in [0.25, 0.3) is 0 Å². The van der Waals surface area contributed by atoms with Crippen molar-refractivity contribution in [1.82, 2.24) is 5.32 Å². The van der Waals surface area contributed by atoms with Gasteiger partial charge < -0.3 is 5.32 Å². The van der Waals surface area contributed by atoms with E-state index in [-0.39, 0.29) is 17.9 Å². The molecule has 0 unspecified atom stereocenters. The van der Waals surface area contributed by atoms with E-state index >= 15 is 0 Å². The molecule has 0 aromatic heterocycles. The molecule has 0 radical (unpaired) electrons. The highest BCUT2D eigenvalue weighted by atomic mass is 16.2. The normalized spacial score (nSPS) is 28.3. The first kappa shape index (κ1) is 12.7. The van der Waals surface area contributed by atoms with Crippen molar-refractivity contribution < 1.29 is 4.79 Å². The molecule has 1 aromatic rings. The lowest BCUT2D eigenvalue weighted by Gasteiger charge is -2.23. The Morgan fingerprint density at radius 3 is 2.53 bits per heavy atom. The van der Waals surface area contributed by atoms with Gasteiger partial charge in [-0.25, -0.2) is 0 Å². The fraction of sp³-hybridized carbons (Fsp3) is 0.588. The van der Waals surface area contributed by atoms with Gasteiger partial charge in [0.1, 0.15) is 0 Å². The minimum absolute atomic E-state index is 0.238. The molecule has 0 spiro atoms. The van der Waals surface area contributed by atoms with Crippen molar-refractivity contribution >= 4 is 5.91 Å². The topological polar surface area (TPSA) is 29.1 Å². The van der Waals surface area contributed by atoms with Crippen LogP contribution in [0.25, 0.3) is 0 Å². The Morgan fingerprint density at radius 1 is 1.05 bits per heavy atom. The van der Waals surface area contributed by atoms with Gasteiger partial charge in [0.2, 0.25) is 5.91 Å². The average molecular weight is 257 g/mol. The minimum Gasteiger partial charge on any atom is -0.349 e. The molecule has 1 aliphatic carbocycles. The number of carbonyl (C=O) groups is 1. The van der Waals surface area contributed by atoms with Crippen LogP contribution in [-0.4, -0.2) is 5.91 Å². The molecular formula is C17H23NO. The molecule has 1 N–H and O–H groups in total. The molecule has 2 aliphatic rings. The molecule has 1 amide bonds. The van der Waals surface area contributed by atoms with E-state index in [0.29, 0.717) is 0 Å². The molecule has 1 saturated carbocycles. The van der Waals surface area contributed by atoms with Crippen LogP contribution in [0.3, 0.4) is 0 Å². The Balaban J connectivity index is 1.60. The maximum absolute atomic E-state index is 12.1. The second-order valence-electron chi connectivity index (χ2n) is 6.14. The molecule has 2 nitrogen and oxygen atoms in total. The first-order chi connectivity index (χ1) is 9.33. The zero-order valence-corrected chi connectivity index (χ0v) is 11.5. The van der Waals surface area contributed by atoms with Crippen LogP contribution in [0.2, 0.25) is 0 Å². The van der Waals surface area contributed by atoms with Crippen LogP contribution in [0, 0.1) is 11.8 Å². The van der Waals surface area contributed by atoms with Crippen molar-refractivity contribution in [2.75, 3.05) is 0 Å². The summed E-state index contributed by atoms with van der Waals surface area (Å²) in [4.78, 5) is 12.1. The molecule has 2 heteroatoms. The summed E-state index contributed by atoms with van der Waals surface area (Å²) < 4.78 is 0. The Labute approximate surface area is 115 Å². The molecule has 2 atom stereocenters. The second-order valence-corrected chi connectivity index (χ2v) is 6.14. The fourth-order valence-corrected chi connectivity index (χ4v) is 3.67. The lowest BCUT2D eigenvalue weighted by Crippen LogP contribution is -2.23. The quantitative estimate of drug-likeness (QED) is 0.876. The third-order valence-electron chi connectivity index (χ3n) is 4.75. The summed E-state index contributed by atoms with van der Waals surface area (Å²) in [5.41, 5.74) is 1.25. The molecule has 0 bridgehead atoms. The number of benzene rings is 1. The van der Waals surface area contributed by atoms with Crippen LogP contribution in [0.5, 0.6) is 0 Å². The maximum Gasteiger partial charge on any atom is 0.223 e.